The van der Waals surface area contributed by atoms with Gasteiger partial charge in [0.15, 0.2) is 4.64 Å². The molecule has 3 N–H and O–H groups in total. The van der Waals surface area contributed by atoms with Crippen LogP contribution in [0, 0.1) is 4.64 Å². The average molecular weight is 228 g/mol. The van der Waals surface area contributed by atoms with Gasteiger partial charge in [0.1, 0.15) is 0 Å². The Bertz CT molecular complexity index is 403. The lowest BCUT2D eigenvalue weighted by atomic mass is 10.2. The summed E-state index contributed by atoms with van der Waals surface area (Å²) in [6, 6.07) is 3.06. The summed E-state index contributed by atoms with van der Waals surface area (Å²) < 4.78 is 0.787. The number of hydrogen-bond acceptors (Lipinski definition) is 4. The van der Waals surface area contributed by atoms with Crippen LogP contribution in [0.2, 0.25) is 0 Å². The molecule has 0 radical (unpaired) electrons. The summed E-state index contributed by atoms with van der Waals surface area (Å²) in [5.41, 5.74) is 0.243. The summed E-state index contributed by atoms with van der Waals surface area (Å²) in [7, 11) is 0. The predicted octanol–water partition coefficient (Wildman–Crippen LogP) is 0.567. The molecule has 0 unspecified atom stereocenters. The van der Waals surface area contributed by atoms with E-state index in [1.165, 1.54) is 18.3 Å². The maximum Gasteiger partial charge on any atom is 0.254 e. The molecule has 15 heavy (non-hydrogen) atoms. The lowest BCUT2D eigenvalue weighted by Crippen LogP contribution is -2.25. The summed E-state index contributed by atoms with van der Waals surface area (Å²) in [6.07, 6.45) is 1.84. The van der Waals surface area contributed by atoms with Crippen molar-refractivity contribution >= 4 is 18.1 Å². The Morgan fingerprint density at radius 3 is 3.00 bits per heavy atom. The molecule has 1 amide bonds. The molecule has 0 saturated carbocycles. The zero-order valence-electron chi connectivity index (χ0n) is 8.01. The first-order chi connectivity index (χ1) is 7.16. The number of nitrogens with zero attached hydrogens (tertiary/aromatic N) is 1. The smallest absolute Gasteiger partial charge is 0.254 e. The molecular formula is C9H12N2O3S. The van der Waals surface area contributed by atoms with Crippen molar-refractivity contribution in [2.45, 2.75) is 6.42 Å². The maximum atomic E-state index is 11.5. The first-order valence-corrected chi connectivity index (χ1v) is 4.87. The molecule has 5 nitrogen and oxygen atoms in total. The molecule has 1 aromatic rings. The monoisotopic (exact) mass is 228 g/mol. The third-order valence-electron chi connectivity index (χ3n) is 1.79. The number of rotatable bonds is 4. The van der Waals surface area contributed by atoms with E-state index in [1.54, 1.807) is 0 Å². The van der Waals surface area contributed by atoms with E-state index in [9.17, 15) is 10.0 Å². The number of amides is 1. The highest BCUT2D eigenvalue weighted by Crippen LogP contribution is 2.01. The van der Waals surface area contributed by atoms with E-state index in [0.717, 1.165) is 4.73 Å². The standard InChI is InChI=1S/C9H12N2O3S/c12-6-2-4-10-8(13)7-3-1-5-11(14)9(7)15/h1,3,5,12,14H,2,4,6H2,(H,10,13). The van der Waals surface area contributed by atoms with Crippen LogP contribution < -0.4 is 5.32 Å². The Labute approximate surface area is 91.9 Å². The quantitative estimate of drug-likeness (QED) is 0.400. The largest absolute Gasteiger partial charge is 0.428 e. The highest BCUT2D eigenvalue weighted by Gasteiger charge is 2.07. The summed E-state index contributed by atoms with van der Waals surface area (Å²) in [5, 5.41) is 20.3. The molecule has 82 valence electrons. The average Bonchev–Trinajstić information content (AvgIpc) is 2.22. The van der Waals surface area contributed by atoms with Gasteiger partial charge in [-0.05, 0) is 18.6 Å². The summed E-state index contributed by atoms with van der Waals surface area (Å²) in [6.45, 7) is 0.403. The van der Waals surface area contributed by atoms with Gasteiger partial charge in [0, 0.05) is 19.3 Å². The van der Waals surface area contributed by atoms with Crippen molar-refractivity contribution in [3.8, 4) is 0 Å². The first-order valence-electron chi connectivity index (χ1n) is 4.47. The second kappa shape index (κ2) is 5.47. The third kappa shape index (κ3) is 3.03. The van der Waals surface area contributed by atoms with Crippen LogP contribution in [-0.2, 0) is 0 Å². The van der Waals surface area contributed by atoms with Crippen LogP contribution in [0.1, 0.15) is 16.8 Å². The number of hydrogen-bond donors (Lipinski definition) is 3. The van der Waals surface area contributed by atoms with Crippen molar-refractivity contribution in [3.63, 3.8) is 0 Å². The second-order valence-corrected chi connectivity index (χ2v) is 3.29. The Kier molecular flexibility index (Phi) is 4.26. The predicted molar refractivity (Wildman–Crippen MR) is 56.5 cm³/mol. The molecule has 0 aromatic carbocycles. The van der Waals surface area contributed by atoms with Crippen molar-refractivity contribution in [2.75, 3.05) is 13.2 Å². The SMILES string of the molecule is O=C(NCCCO)c1cccn(O)c1=S. The minimum atomic E-state index is -0.350. The maximum absolute atomic E-state index is 11.5. The molecule has 0 atom stereocenters. The molecule has 0 aliphatic rings. The van der Waals surface area contributed by atoms with Gasteiger partial charge in [0.2, 0.25) is 0 Å². The van der Waals surface area contributed by atoms with E-state index in [0.29, 0.717) is 13.0 Å². The van der Waals surface area contributed by atoms with Gasteiger partial charge >= 0.3 is 0 Å². The minimum absolute atomic E-state index is 0.0236. The Hall–Kier alpha value is -1.40. The molecule has 1 rings (SSSR count). The van der Waals surface area contributed by atoms with E-state index in [4.69, 9.17) is 17.3 Å². The Morgan fingerprint density at radius 1 is 1.60 bits per heavy atom. The van der Waals surface area contributed by atoms with Gasteiger partial charge in [-0.15, -0.1) is 0 Å². The number of aliphatic hydroxyl groups is 1. The number of pyridine rings is 1. The van der Waals surface area contributed by atoms with E-state index in [1.807, 2.05) is 0 Å². The van der Waals surface area contributed by atoms with E-state index >= 15 is 0 Å². The molecule has 0 bridgehead atoms. The number of nitrogens with one attached hydrogen (secondary N) is 1. The third-order valence-corrected chi connectivity index (χ3v) is 2.20. The molecular weight excluding hydrogens is 216 g/mol. The van der Waals surface area contributed by atoms with Crippen LogP contribution in [0.15, 0.2) is 18.3 Å². The molecule has 0 aliphatic heterocycles. The highest BCUT2D eigenvalue weighted by molar-refractivity contribution is 7.71. The van der Waals surface area contributed by atoms with Crippen molar-refractivity contribution in [1.82, 2.24) is 10.0 Å². The van der Waals surface area contributed by atoms with E-state index in [2.05, 4.69) is 5.32 Å². The fourth-order valence-electron chi connectivity index (χ4n) is 1.03. The fourth-order valence-corrected chi connectivity index (χ4v) is 1.25. The summed E-state index contributed by atoms with van der Waals surface area (Å²) in [4.78, 5) is 11.5. The number of carbonyl (C=O) groups is 1. The molecule has 0 aliphatic carbocycles. The summed E-state index contributed by atoms with van der Waals surface area (Å²) in [5.74, 6) is -0.350. The van der Waals surface area contributed by atoms with Crippen LogP contribution >= 0.6 is 12.2 Å². The molecule has 0 spiro atoms. The second-order valence-electron chi connectivity index (χ2n) is 2.90. The zero-order chi connectivity index (χ0) is 11.3. The minimum Gasteiger partial charge on any atom is -0.428 e. The molecule has 0 fully saturated rings. The van der Waals surface area contributed by atoms with E-state index < -0.39 is 0 Å². The Morgan fingerprint density at radius 2 is 2.33 bits per heavy atom. The van der Waals surface area contributed by atoms with Crippen molar-refractivity contribution < 1.29 is 15.1 Å². The zero-order valence-corrected chi connectivity index (χ0v) is 8.83. The number of carbonyl (C=O) groups excluding carboxylic acids is 1. The normalized spacial score (nSPS) is 9.93. The molecule has 6 heteroatoms. The fraction of sp³-hybridized carbons (Fsp3) is 0.333. The lowest BCUT2D eigenvalue weighted by molar-refractivity contribution is 0.0944. The van der Waals surface area contributed by atoms with Crippen LogP contribution in [0.25, 0.3) is 0 Å². The van der Waals surface area contributed by atoms with Gasteiger partial charge in [-0.1, -0.05) is 12.2 Å². The first kappa shape index (κ1) is 11.7. The van der Waals surface area contributed by atoms with Crippen LogP contribution in [0.4, 0.5) is 0 Å². The molecule has 0 saturated heterocycles. The van der Waals surface area contributed by atoms with Gasteiger partial charge < -0.3 is 15.6 Å². The highest BCUT2D eigenvalue weighted by atomic mass is 32.1. The van der Waals surface area contributed by atoms with Gasteiger partial charge in [-0.25, -0.2) is 0 Å². The van der Waals surface area contributed by atoms with Crippen LogP contribution in [-0.4, -0.2) is 34.1 Å². The summed E-state index contributed by atoms with van der Waals surface area (Å²) >= 11 is 4.85. The van der Waals surface area contributed by atoms with Crippen LogP contribution in [0.3, 0.4) is 0 Å². The number of aromatic nitrogens is 1. The van der Waals surface area contributed by atoms with Gasteiger partial charge in [-0.2, -0.15) is 4.73 Å². The topological polar surface area (TPSA) is 74.5 Å². The van der Waals surface area contributed by atoms with Crippen LogP contribution in [0.5, 0.6) is 0 Å². The number of aliphatic hydroxyl groups excluding tert-OH is 1. The van der Waals surface area contributed by atoms with Gasteiger partial charge in [-0.3, -0.25) is 4.79 Å². The molecule has 1 heterocycles. The lowest BCUT2D eigenvalue weighted by Gasteiger charge is -2.05. The Balaban J connectivity index is 2.74. The van der Waals surface area contributed by atoms with E-state index in [-0.39, 0.29) is 22.7 Å². The van der Waals surface area contributed by atoms with Gasteiger partial charge in [0.05, 0.1) is 5.56 Å². The van der Waals surface area contributed by atoms with Gasteiger partial charge in [0.25, 0.3) is 5.91 Å². The molecule has 1 aromatic heterocycles. The van der Waals surface area contributed by atoms with Crippen molar-refractivity contribution in [3.05, 3.63) is 28.5 Å². The van der Waals surface area contributed by atoms with Crippen molar-refractivity contribution in [2.24, 2.45) is 0 Å². The van der Waals surface area contributed by atoms with Crippen molar-refractivity contribution in [1.29, 1.82) is 0 Å².